The Bertz CT molecular complexity index is 407. The smallest absolute Gasteiger partial charge is 0.00358 e. The molecule has 2 rings (SSSR count). The predicted molar refractivity (Wildman–Crippen MR) is 66.5 cm³/mol. The van der Waals surface area contributed by atoms with Crippen LogP contribution < -0.4 is 0 Å². The van der Waals surface area contributed by atoms with Gasteiger partial charge in [-0.25, -0.2) is 0 Å². The third-order valence-corrected chi connectivity index (χ3v) is 2.74. The molecule has 2 aromatic rings. The van der Waals surface area contributed by atoms with Gasteiger partial charge >= 0.3 is 0 Å². The van der Waals surface area contributed by atoms with Gasteiger partial charge in [0, 0.05) is 4.43 Å². The van der Waals surface area contributed by atoms with Crippen LogP contribution in [-0.2, 0) is 6.42 Å². The molecule has 0 aliphatic heterocycles. The van der Waals surface area contributed by atoms with Gasteiger partial charge < -0.3 is 0 Å². The van der Waals surface area contributed by atoms with Crippen LogP contribution in [0.15, 0.2) is 42.5 Å². The zero-order valence-corrected chi connectivity index (χ0v) is 9.49. The molecule has 0 heterocycles. The Hall–Kier alpha value is -0.570. The maximum absolute atomic E-state index is 2.41. The van der Waals surface area contributed by atoms with Crippen LogP contribution in [0.4, 0.5) is 0 Å². The zero-order chi connectivity index (χ0) is 9.10. The summed E-state index contributed by atoms with van der Waals surface area (Å²) in [6.07, 6.45) is 1.17. The summed E-state index contributed by atoms with van der Waals surface area (Å²) >= 11 is 2.41. The molecule has 0 aromatic heterocycles. The van der Waals surface area contributed by atoms with E-state index in [2.05, 4.69) is 65.1 Å². The Morgan fingerprint density at radius 1 is 0.923 bits per heavy atom. The van der Waals surface area contributed by atoms with Crippen LogP contribution in [0.1, 0.15) is 5.56 Å². The number of hydrogen-bond donors (Lipinski definition) is 0. The maximum atomic E-state index is 2.41. The fourth-order valence-corrected chi connectivity index (χ4v) is 2.13. The Kier molecular flexibility index (Phi) is 2.83. The lowest BCUT2D eigenvalue weighted by Crippen LogP contribution is -1.84. The van der Waals surface area contributed by atoms with Gasteiger partial charge in [-0.3, -0.25) is 0 Å². The van der Waals surface area contributed by atoms with E-state index < -0.39 is 0 Å². The van der Waals surface area contributed by atoms with E-state index in [1.54, 1.807) is 0 Å². The Morgan fingerprint density at radius 3 is 2.46 bits per heavy atom. The topological polar surface area (TPSA) is 0 Å². The van der Waals surface area contributed by atoms with E-state index in [0.717, 1.165) is 0 Å². The number of hydrogen-bond acceptors (Lipinski definition) is 0. The highest BCUT2D eigenvalue weighted by Crippen LogP contribution is 2.16. The van der Waals surface area contributed by atoms with E-state index in [1.807, 2.05) is 0 Å². The number of alkyl halides is 1. The third-order valence-electron chi connectivity index (χ3n) is 2.20. The summed E-state index contributed by atoms with van der Waals surface area (Å²) in [5.74, 6) is 0. The minimum absolute atomic E-state index is 1.17. The van der Waals surface area contributed by atoms with E-state index in [4.69, 9.17) is 0 Å². The molecule has 0 spiro atoms. The van der Waals surface area contributed by atoms with Crippen molar-refractivity contribution in [1.29, 1.82) is 0 Å². The first-order valence-corrected chi connectivity index (χ1v) is 5.96. The van der Waals surface area contributed by atoms with Crippen LogP contribution in [0.3, 0.4) is 0 Å². The van der Waals surface area contributed by atoms with E-state index >= 15 is 0 Å². The fraction of sp³-hybridized carbons (Fsp3) is 0.167. The van der Waals surface area contributed by atoms with Crippen molar-refractivity contribution in [1.82, 2.24) is 0 Å². The maximum Gasteiger partial charge on any atom is 0.00358 e. The van der Waals surface area contributed by atoms with E-state index in [9.17, 15) is 0 Å². The first-order chi connectivity index (χ1) is 6.40. The third kappa shape index (κ3) is 2.02. The summed E-state index contributed by atoms with van der Waals surface area (Å²) in [6.45, 7) is 0. The molecule has 13 heavy (non-hydrogen) atoms. The summed E-state index contributed by atoms with van der Waals surface area (Å²) in [5, 5.41) is 2.68. The van der Waals surface area contributed by atoms with Crippen molar-refractivity contribution in [2.75, 3.05) is 4.43 Å². The average Bonchev–Trinajstić information content (AvgIpc) is 2.18. The van der Waals surface area contributed by atoms with Crippen molar-refractivity contribution in [3.05, 3.63) is 48.0 Å². The second-order valence-electron chi connectivity index (χ2n) is 3.12. The number of fused-ring (bicyclic) bond motifs is 1. The molecule has 0 unspecified atom stereocenters. The second kappa shape index (κ2) is 4.09. The zero-order valence-electron chi connectivity index (χ0n) is 7.33. The number of rotatable bonds is 2. The lowest BCUT2D eigenvalue weighted by molar-refractivity contribution is 1.19. The van der Waals surface area contributed by atoms with Crippen molar-refractivity contribution in [2.45, 2.75) is 6.42 Å². The predicted octanol–water partition coefficient (Wildman–Crippen LogP) is 3.82. The van der Waals surface area contributed by atoms with Crippen LogP contribution in [0, 0.1) is 0 Å². The second-order valence-corrected chi connectivity index (χ2v) is 4.20. The molecule has 0 atom stereocenters. The lowest BCUT2D eigenvalue weighted by Gasteiger charge is -2.00. The lowest BCUT2D eigenvalue weighted by atomic mass is 10.1. The van der Waals surface area contributed by atoms with Gasteiger partial charge in [-0.1, -0.05) is 65.1 Å². The van der Waals surface area contributed by atoms with Crippen LogP contribution in [0.5, 0.6) is 0 Å². The highest BCUT2D eigenvalue weighted by molar-refractivity contribution is 14.1. The SMILES string of the molecule is ICCc1ccc2ccccc2c1. The number of aryl methyl sites for hydroxylation is 1. The highest BCUT2D eigenvalue weighted by Gasteiger charge is 1.94. The van der Waals surface area contributed by atoms with Crippen LogP contribution >= 0.6 is 22.6 Å². The van der Waals surface area contributed by atoms with Gasteiger partial charge in [0.05, 0.1) is 0 Å². The summed E-state index contributed by atoms with van der Waals surface area (Å²) in [5.41, 5.74) is 1.44. The molecule has 0 bridgehead atoms. The van der Waals surface area contributed by atoms with Gasteiger partial charge in [0.2, 0.25) is 0 Å². The quantitative estimate of drug-likeness (QED) is 0.580. The average molecular weight is 282 g/mol. The first-order valence-electron chi connectivity index (χ1n) is 4.44. The minimum Gasteiger partial charge on any atom is -0.0860 e. The minimum atomic E-state index is 1.17. The molecule has 0 fully saturated rings. The van der Waals surface area contributed by atoms with Gasteiger partial charge in [-0.2, -0.15) is 0 Å². The first kappa shape index (κ1) is 9.00. The van der Waals surface area contributed by atoms with Gasteiger partial charge in [0.25, 0.3) is 0 Å². The van der Waals surface area contributed by atoms with Crippen molar-refractivity contribution < 1.29 is 0 Å². The van der Waals surface area contributed by atoms with Crippen molar-refractivity contribution >= 4 is 33.4 Å². The van der Waals surface area contributed by atoms with Gasteiger partial charge in [0.15, 0.2) is 0 Å². The van der Waals surface area contributed by atoms with Crippen LogP contribution in [-0.4, -0.2) is 4.43 Å². The van der Waals surface area contributed by atoms with Crippen molar-refractivity contribution in [2.24, 2.45) is 0 Å². The molecule has 0 saturated carbocycles. The van der Waals surface area contributed by atoms with Gasteiger partial charge in [-0.05, 0) is 22.8 Å². The molecule has 66 valence electrons. The van der Waals surface area contributed by atoms with Gasteiger partial charge in [0.1, 0.15) is 0 Å². The summed E-state index contributed by atoms with van der Waals surface area (Å²) in [7, 11) is 0. The molecule has 0 N–H and O–H groups in total. The fourth-order valence-electron chi connectivity index (χ4n) is 1.50. The normalized spacial score (nSPS) is 10.5. The highest BCUT2D eigenvalue weighted by atomic mass is 127. The molecule has 0 aliphatic rings. The Balaban J connectivity index is 2.49. The molecule has 0 radical (unpaired) electrons. The Morgan fingerprint density at radius 2 is 1.69 bits per heavy atom. The van der Waals surface area contributed by atoms with Crippen molar-refractivity contribution in [3.8, 4) is 0 Å². The number of halogens is 1. The number of benzene rings is 2. The summed E-state index contributed by atoms with van der Waals surface area (Å²) in [4.78, 5) is 0. The monoisotopic (exact) mass is 282 g/mol. The Labute approximate surface area is 92.1 Å². The largest absolute Gasteiger partial charge is 0.0860 e. The molecule has 1 heteroatoms. The van der Waals surface area contributed by atoms with Crippen LogP contribution in [0.2, 0.25) is 0 Å². The molecule has 0 aliphatic carbocycles. The van der Waals surface area contributed by atoms with E-state index in [-0.39, 0.29) is 0 Å². The van der Waals surface area contributed by atoms with E-state index in [0.29, 0.717) is 0 Å². The molecule has 2 aromatic carbocycles. The summed E-state index contributed by atoms with van der Waals surface area (Å²) in [6, 6.07) is 15.2. The summed E-state index contributed by atoms with van der Waals surface area (Å²) < 4.78 is 1.19. The van der Waals surface area contributed by atoms with Crippen molar-refractivity contribution in [3.63, 3.8) is 0 Å². The molecule has 0 amide bonds. The van der Waals surface area contributed by atoms with E-state index in [1.165, 1.54) is 27.2 Å². The molecular weight excluding hydrogens is 271 g/mol. The van der Waals surface area contributed by atoms with Gasteiger partial charge in [-0.15, -0.1) is 0 Å². The van der Waals surface area contributed by atoms with Crippen LogP contribution in [0.25, 0.3) is 10.8 Å². The molecule has 0 saturated heterocycles. The molecule has 0 nitrogen and oxygen atoms in total. The standard InChI is InChI=1S/C12H11I/c13-8-7-10-5-6-11-3-1-2-4-12(11)9-10/h1-6,9H,7-8H2. The molecular formula is C12H11I.